The van der Waals surface area contributed by atoms with E-state index in [9.17, 15) is 14.4 Å². The van der Waals surface area contributed by atoms with Gasteiger partial charge in [0.25, 0.3) is 0 Å². The standard InChI is InChI=1S/C12H14BrN3O4/c13-9-3-1-8(2-4-9)5-15-12(20)16-6-10(17)14-7-11(18)19/h1-4H,5-7H2,(H,14,17)(H,18,19)(H2,15,16,20). The van der Waals surface area contributed by atoms with Gasteiger partial charge in [0.1, 0.15) is 6.54 Å². The zero-order valence-electron chi connectivity index (χ0n) is 10.5. The Hall–Kier alpha value is -2.09. The highest BCUT2D eigenvalue weighted by Gasteiger charge is 2.06. The number of carboxylic acids is 1. The molecule has 0 aliphatic rings. The van der Waals surface area contributed by atoms with Gasteiger partial charge in [-0.1, -0.05) is 28.1 Å². The number of urea groups is 1. The molecule has 1 rings (SSSR count). The quantitative estimate of drug-likeness (QED) is 0.601. The molecule has 7 nitrogen and oxygen atoms in total. The Labute approximate surface area is 123 Å². The van der Waals surface area contributed by atoms with Crippen molar-refractivity contribution >= 4 is 33.8 Å². The van der Waals surface area contributed by atoms with E-state index in [1.807, 2.05) is 24.3 Å². The first-order valence-corrected chi connectivity index (χ1v) is 6.51. The second kappa shape index (κ2) is 8.16. The highest BCUT2D eigenvalue weighted by atomic mass is 79.9. The molecule has 0 spiro atoms. The second-order valence-corrected chi connectivity index (χ2v) is 4.75. The summed E-state index contributed by atoms with van der Waals surface area (Å²) in [5, 5.41) is 15.4. The molecule has 0 saturated heterocycles. The van der Waals surface area contributed by atoms with E-state index in [4.69, 9.17) is 5.11 Å². The van der Waals surface area contributed by atoms with Crippen LogP contribution >= 0.6 is 15.9 Å². The SMILES string of the molecule is O=C(O)CNC(=O)CNC(=O)NCc1ccc(Br)cc1. The van der Waals surface area contributed by atoms with Crippen LogP contribution in [-0.2, 0) is 16.1 Å². The van der Waals surface area contributed by atoms with Crippen molar-refractivity contribution in [1.82, 2.24) is 16.0 Å². The maximum atomic E-state index is 11.4. The molecule has 0 aliphatic heterocycles. The van der Waals surface area contributed by atoms with Crippen LogP contribution < -0.4 is 16.0 Å². The van der Waals surface area contributed by atoms with Crippen molar-refractivity contribution < 1.29 is 19.5 Å². The fourth-order valence-electron chi connectivity index (χ4n) is 1.24. The van der Waals surface area contributed by atoms with Gasteiger partial charge in [0.05, 0.1) is 6.54 Å². The number of hydrogen-bond acceptors (Lipinski definition) is 3. The minimum atomic E-state index is -1.14. The molecule has 0 fully saturated rings. The van der Waals surface area contributed by atoms with Crippen LogP contribution in [0.3, 0.4) is 0 Å². The Morgan fingerprint density at radius 2 is 1.65 bits per heavy atom. The van der Waals surface area contributed by atoms with Crippen molar-refractivity contribution in [2.45, 2.75) is 6.54 Å². The lowest BCUT2D eigenvalue weighted by molar-refractivity contribution is -0.137. The van der Waals surface area contributed by atoms with Crippen molar-refractivity contribution in [2.75, 3.05) is 13.1 Å². The molecule has 0 aromatic heterocycles. The van der Waals surface area contributed by atoms with Gasteiger partial charge in [-0.05, 0) is 17.7 Å². The van der Waals surface area contributed by atoms with Crippen LogP contribution in [0.2, 0.25) is 0 Å². The van der Waals surface area contributed by atoms with Gasteiger partial charge < -0.3 is 21.1 Å². The zero-order valence-corrected chi connectivity index (χ0v) is 12.1. The molecular weight excluding hydrogens is 330 g/mol. The molecule has 1 aromatic carbocycles. The van der Waals surface area contributed by atoms with Crippen LogP contribution in [0.5, 0.6) is 0 Å². The summed E-state index contributed by atoms with van der Waals surface area (Å²) in [6, 6.07) is 6.91. The Kier molecular flexibility index (Phi) is 6.51. The van der Waals surface area contributed by atoms with Crippen LogP contribution in [0, 0.1) is 0 Å². The first kappa shape index (κ1) is 16.0. The zero-order chi connectivity index (χ0) is 15.0. The predicted octanol–water partition coefficient (Wildman–Crippen LogP) is 0.449. The summed E-state index contributed by atoms with van der Waals surface area (Å²) in [4.78, 5) is 32.7. The van der Waals surface area contributed by atoms with E-state index in [0.29, 0.717) is 6.54 Å². The van der Waals surface area contributed by atoms with E-state index in [-0.39, 0.29) is 6.54 Å². The fourth-order valence-corrected chi connectivity index (χ4v) is 1.51. The van der Waals surface area contributed by atoms with Gasteiger partial charge in [-0.2, -0.15) is 0 Å². The van der Waals surface area contributed by atoms with Gasteiger partial charge >= 0.3 is 12.0 Å². The Morgan fingerprint density at radius 1 is 1.00 bits per heavy atom. The fraction of sp³-hybridized carbons (Fsp3) is 0.250. The molecule has 0 radical (unpaired) electrons. The van der Waals surface area contributed by atoms with E-state index >= 15 is 0 Å². The van der Waals surface area contributed by atoms with E-state index in [1.54, 1.807) is 0 Å². The van der Waals surface area contributed by atoms with E-state index in [1.165, 1.54) is 0 Å². The molecule has 20 heavy (non-hydrogen) atoms. The molecule has 4 N–H and O–H groups in total. The lowest BCUT2D eigenvalue weighted by Crippen LogP contribution is -2.42. The van der Waals surface area contributed by atoms with Gasteiger partial charge in [0.15, 0.2) is 0 Å². The first-order valence-electron chi connectivity index (χ1n) is 5.72. The normalized spacial score (nSPS) is 9.65. The van der Waals surface area contributed by atoms with Crippen LogP contribution in [0.1, 0.15) is 5.56 Å². The van der Waals surface area contributed by atoms with Crippen LogP contribution in [0.25, 0.3) is 0 Å². The predicted molar refractivity (Wildman–Crippen MR) is 75.0 cm³/mol. The minimum Gasteiger partial charge on any atom is -0.480 e. The summed E-state index contributed by atoms with van der Waals surface area (Å²) >= 11 is 3.31. The Balaban J connectivity index is 2.21. The summed E-state index contributed by atoms with van der Waals surface area (Å²) in [5.74, 6) is -1.70. The van der Waals surface area contributed by atoms with Gasteiger partial charge in [-0.25, -0.2) is 4.79 Å². The monoisotopic (exact) mass is 343 g/mol. The molecule has 1 aromatic rings. The number of benzene rings is 1. The van der Waals surface area contributed by atoms with Gasteiger partial charge in [-0.15, -0.1) is 0 Å². The summed E-state index contributed by atoms with van der Waals surface area (Å²) in [5.41, 5.74) is 0.915. The third-order valence-electron chi connectivity index (χ3n) is 2.21. The van der Waals surface area contributed by atoms with Gasteiger partial charge in [0, 0.05) is 11.0 Å². The maximum Gasteiger partial charge on any atom is 0.322 e. The van der Waals surface area contributed by atoms with E-state index in [2.05, 4.69) is 31.9 Å². The van der Waals surface area contributed by atoms with Crippen molar-refractivity contribution in [1.29, 1.82) is 0 Å². The lowest BCUT2D eigenvalue weighted by atomic mass is 10.2. The average Bonchev–Trinajstić information content (AvgIpc) is 2.42. The number of carbonyl (C=O) groups excluding carboxylic acids is 2. The molecule has 0 bridgehead atoms. The average molecular weight is 344 g/mol. The highest BCUT2D eigenvalue weighted by molar-refractivity contribution is 9.10. The smallest absolute Gasteiger partial charge is 0.322 e. The first-order chi connectivity index (χ1) is 9.47. The summed E-state index contributed by atoms with van der Waals surface area (Å²) in [7, 11) is 0. The Morgan fingerprint density at radius 3 is 2.25 bits per heavy atom. The summed E-state index contributed by atoms with van der Waals surface area (Å²) in [6.07, 6.45) is 0. The van der Waals surface area contributed by atoms with Crippen LogP contribution in [-0.4, -0.2) is 36.1 Å². The van der Waals surface area contributed by atoms with Crippen molar-refractivity contribution in [3.8, 4) is 0 Å². The molecule has 0 aliphatic carbocycles. The molecular formula is C12H14BrN3O4. The summed E-state index contributed by atoms with van der Waals surface area (Å²) < 4.78 is 0.945. The van der Waals surface area contributed by atoms with E-state index in [0.717, 1.165) is 10.0 Å². The van der Waals surface area contributed by atoms with Crippen LogP contribution in [0.4, 0.5) is 4.79 Å². The number of carbonyl (C=O) groups is 3. The number of nitrogens with one attached hydrogen (secondary N) is 3. The number of rotatable bonds is 6. The molecule has 0 atom stereocenters. The second-order valence-electron chi connectivity index (χ2n) is 3.83. The van der Waals surface area contributed by atoms with E-state index < -0.39 is 24.5 Å². The third kappa shape index (κ3) is 6.74. The maximum absolute atomic E-state index is 11.4. The number of carboxylic acid groups (broad SMARTS) is 1. The number of hydrogen-bond donors (Lipinski definition) is 4. The van der Waals surface area contributed by atoms with Gasteiger partial charge in [-0.3, -0.25) is 9.59 Å². The third-order valence-corrected chi connectivity index (χ3v) is 2.74. The molecule has 0 saturated carbocycles. The molecule has 0 unspecified atom stereocenters. The lowest BCUT2D eigenvalue weighted by Gasteiger charge is -2.07. The van der Waals surface area contributed by atoms with Crippen molar-refractivity contribution in [2.24, 2.45) is 0 Å². The molecule has 108 valence electrons. The molecule has 8 heteroatoms. The highest BCUT2D eigenvalue weighted by Crippen LogP contribution is 2.09. The Bertz CT molecular complexity index is 490. The minimum absolute atomic E-state index is 0.278. The summed E-state index contributed by atoms with van der Waals surface area (Å²) in [6.45, 7) is -0.420. The van der Waals surface area contributed by atoms with Crippen molar-refractivity contribution in [3.05, 3.63) is 34.3 Å². The molecule has 0 heterocycles. The van der Waals surface area contributed by atoms with Crippen LogP contribution in [0.15, 0.2) is 28.7 Å². The number of aliphatic carboxylic acids is 1. The van der Waals surface area contributed by atoms with Crippen molar-refractivity contribution in [3.63, 3.8) is 0 Å². The topological polar surface area (TPSA) is 108 Å². The number of amides is 3. The largest absolute Gasteiger partial charge is 0.480 e. The number of halogens is 1. The van der Waals surface area contributed by atoms with Gasteiger partial charge in [0.2, 0.25) is 5.91 Å². The molecule has 3 amide bonds.